The number of aromatic nitrogens is 5. The summed E-state index contributed by atoms with van der Waals surface area (Å²) in [5.41, 5.74) is 5.76. The van der Waals surface area contributed by atoms with E-state index in [1.54, 1.807) is 6.33 Å². The Hall–Kier alpha value is -4.53. The van der Waals surface area contributed by atoms with Crippen molar-refractivity contribution < 1.29 is 32.4 Å². The number of carbonyl (C=O) groups excluding carboxylic acids is 1. The average molecular weight is 617 g/mol. The van der Waals surface area contributed by atoms with Crippen LogP contribution in [0.5, 0.6) is 0 Å². The fourth-order valence-corrected chi connectivity index (χ4v) is 4.74. The molecule has 0 spiro atoms. The van der Waals surface area contributed by atoms with Crippen LogP contribution in [0.2, 0.25) is 0 Å². The molecular weight excluding hydrogens is 581 g/mol. The number of likely N-dealkylation sites (N-methyl/N-ethyl adjacent to an activating group) is 1. The Balaban J connectivity index is 0.000000566. The van der Waals surface area contributed by atoms with Gasteiger partial charge in [0.15, 0.2) is 0 Å². The second kappa shape index (κ2) is 12.6. The maximum Gasteiger partial charge on any atom is 0.490 e. The van der Waals surface area contributed by atoms with Crippen molar-refractivity contribution in [1.82, 2.24) is 35.0 Å². The van der Waals surface area contributed by atoms with Crippen molar-refractivity contribution in [1.29, 1.82) is 0 Å². The lowest BCUT2D eigenvalue weighted by molar-refractivity contribution is -0.192. The van der Waals surface area contributed by atoms with E-state index < -0.39 is 12.1 Å². The third-order valence-electron chi connectivity index (χ3n) is 7.12. The molecule has 1 aliphatic heterocycles. The molecule has 4 heterocycles. The van der Waals surface area contributed by atoms with E-state index in [1.165, 1.54) is 0 Å². The van der Waals surface area contributed by atoms with Crippen molar-refractivity contribution in [3.05, 3.63) is 59.6 Å². The van der Waals surface area contributed by atoms with E-state index in [0.717, 1.165) is 53.2 Å². The summed E-state index contributed by atoms with van der Waals surface area (Å²) in [5.74, 6) is -2.64. The van der Waals surface area contributed by atoms with Gasteiger partial charge in [-0.2, -0.15) is 23.3 Å². The third-order valence-corrected chi connectivity index (χ3v) is 7.12. The van der Waals surface area contributed by atoms with E-state index in [9.17, 15) is 18.0 Å². The minimum absolute atomic E-state index is 0.0429. The first kappa shape index (κ1) is 32.4. The molecule has 5 rings (SSSR count). The number of carboxylic acid groups (broad SMARTS) is 1. The molecule has 1 saturated heterocycles. The number of aliphatic carboxylic acids is 1. The summed E-state index contributed by atoms with van der Waals surface area (Å²) >= 11 is 0. The molecule has 1 aromatic carbocycles. The van der Waals surface area contributed by atoms with E-state index in [-0.39, 0.29) is 17.1 Å². The molecule has 0 radical (unpaired) electrons. The molecule has 0 bridgehead atoms. The predicted molar refractivity (Wildman–Crippen MR) is 155 cm³/mol. The third kappa shape index (κ3) is 7.51. The number of nitrogens with zero attached hydrogens (tertiary/aromatic N) is 7. The van der Waals surface area contributed by atoms with Crippen molar-refractivity contribution in [2.45, 2.75) is 58.8 Å². The van der Waals surface area contributed by atoms with Crippen molar-refractivity contribution in [3.8, 4) is 11.3 Å². The van der Waals surface area contributed by atoms with Crippen molar-refractivity contribution in [2.75, 3.05) is 31.6 Å². The number of benzene rings is 1. The number of nitrogens with one attached hydrogen (secondary N) is 1. The van der Waals surface area contributed by atoms with Gasteiger partial charge in [-0.1, -0.05) is 38.1 Å². The number of amides is 1. The molecule has 1 amide bonds. The molecule has 4 aromatic rings. The quantitative estimate of drug-likeness (QED) is 0.337. The van der Waals surface area contributed by atoms with Gasteiger partial charge in [-0.25, -0.2) is 14.3 Å². The van der Waals surface area contributed by atoms with E-state index >= 15 is 0 Å². The number of fused-ring (bicyclic) bond motifs is 1. The van der Waals surface area contributed by atoms with Crippen LogP contribution in [0.4, 0.5) is 18.9 Å². The fraction of sp³-hybridized carbons (Fsp3) is 0.448. The van der Waals surface area contributed by atoms with E-state index in [0.29, 0.717) is 18.5 Å². The average Bonchev–Trinajstić information content (AvgIpc) is 3.60. The number of hydrogen-bond donors (Lipinski definition) is 2. The molecule has 0 aliphatic carbocycles. The lowest BCUT2D eigenvalue weighted by Crippen LogP contribution is -2.50. The van der Waals surface area contributed by atoms with Gasteiger partial charge in [0.05, 0.1) is 23.1 Å². The lowest BCUT2D eigenvalue weighted by atomic mass is 9.97. The van der Waals surface area contributed by atoms with Gasteiger partial charge in [-0.15, -0.1) is 0 Å². The number of anilines is 1. The number of halogens is 3. The van der Waals surface area contributed by atoms with Gasteiger partial charge >= 0.3 is 12.1 Å². The Bertz CT molecular complexity index is 1640. The zero-order chi connectivity index (χ0) is 32.4. The zero-order valence-electron chi connectivity index (χ0n) is 25.3. The fourth-order valence-electron chi connectivity index (χ4n) is 4.74. The molecule has 44 heavy (non-hydrogen) atoms. The minimum atomic E-state index is -5.08. The maximum atomic E-state index is 12.6. The number of piperazine rings is 1. The Labute approximate surface area is 251 Å². The molecule has 1 fully saturated rings. The second-order valence-electron chi connectivity index (χ2n) is 11.7. The predicted octanol–water partition coefficient (Wildman–Crippen LogP) is 4.09. The summed E-state index contributed by atoms with van der Waals surface area (Å²) in [4.78, 5) is 35.1. The van der Waals surface area contributed by atoms with Crippen LogP contribution in [0.1, 0.15) is 55.3 Å². The topological polar surface area (TPSA) is 142 Å². The first-order chi connectivity index (χ1) is 20.5. The summed E-state index contributed by atoms with van der Waals surface area (Å²) < 4.78 is 38.9. The highest BCUT2D eigenvalue weighted by molar-refractivity contribution is 5.90. The number of aryl methyl sites for hydroxylation is 1. The van der Waals surface area contributed by atoms with E-state index in [2.05, 4.69) is 67.6 Å². The number of rotatable bonds is 5. The lowest BCUT2D eigenvalue weighted by Gasteiger charge is -2.39. The molecule has 0 saturated carbocycles. The van der Waals surface area contributed by atoms with Crippen LogP contribution in [0.25, 0.3) is 16.8 Å². The Morgan fingerprint density at radius 1 is 1.16 bits per heavy atom. The maximum absolute atomic E-state index is 12.6. The molecule has 1 aliphatic rings. The second-order valence-corrected chi connectivity index (χ2v) is 11.7. The SMILES string of the molecule is Cc1cc(-c2ncnn3cc(N4CCN(C)C[C@H]4C)cc23)ccc1CNC(=O)c1noc(C(C)(C)C)n1.O=C(O)C(F)(F)F. The van der Waals surface area contributed by atoms with Gasteiger partial charge in [-0.05, 0) is 44.2 Å². The summed E-state index contributed by atoms with van der Waals surface area (Å²) in [6.07, 6.45) is -1.40. The van der Waals surface area contributed by atoms with Crippen LogP contribution in [-0.2, 0) is 16.8 Å². The number of carbonyl (C=O) groups is 2. The summed E-state index contributed by atoms with van der Waals surface area (Å²) in [6.45, 7) is 13.6. The molecule has 0 unspecified atom stereocenters. The Morgan fingerprint density at radius 2 is 1.86 bits per heavy atom. The molecule has 236 valence electrons. The highest BCUT2D eigenvalue weighted by Crippen LogP contribution is 2.29. The van der Waals surface area contributed by atoms with Crippen LogP contribution in [0.3, 0.4) is 0 Å². The zero-order valence-corrected chi connectivity index (χ0v) is 25.3. The van der Waals surface area contributed by atoms with Crippen molar-refractivity contribution in [3.63, 3.8) is 0 Å². The van der Waals surface area contributed by atoms with Crippen LogP contribution >= 0.6 is 0 Å². The molecule has 15 heteroatoms. The molecule has 1 atom stereocenters. The monoisotopic (exact) mass is 616 g/mol. The normalized spacial score (nSPS) is 16.0. The molecule has 12 nitrogen and oxygen atoms in total. The number of hydrogen-bond acceptors (Lipinski definition) is 9. The smallest absolute Gasteiger partial charge is 0.475 e. The van der Waals surface area contributed by atoms with Gasteiger partial charge in [-0.3, -0.25) is 4.79 Å². The first-order valence-electron chi connectivity index (χ1n) is 13.9. The van der Waals surface area contributed by atoms with Crippen LogP contribution in [0.15, 0.2) is 41.3 Å². The van der Waals surface area contributed by atoms with Crippen molar-refractivity contribution in [2.24, 2.45) is 0 Å². The summed E-state index contributed by atoms with van der Waals surface area (Å²) in [6, 6.07) is 8.76. The van der Waals surface area contributed by atoms with Crippen LogP contribution in [0, 0.1) is 6.92 Å². The van der Waals surface area contributed by atoms with E-state index in [4.69, 9.17) is 14.4 Å². The first-order valence-corrected chi connectivity index (χ1v) is 13.9. The van der Waals surface area contributed by atoms with Crippen LogP contribution < -0.4 is 10.2 Å². The van der Waals surface area contributed by atoms with E-state index in [1.807, 2.05) is 44.3 Å². The number of carboxylic acids is 1. The van der Waals surface area contributed by atoms with Gasteiger partial charge in [0, 0.05) is 43.2 Å². The molecule has 3 aromatic heterocycles. The standard InChI is InChI=1S/C27H34N8O2.C2HF3O2/c1-17-11-19(7-8-20(17)13-28-25(36)24-31-26(37-32-24)27(3,4)5)23-22-12-21(15-35(22)30-16-29-23)34-10-9-33(6)14-18(34)2;3-2(4,5)1(6)7/h7-8,11-12,15-16,18H,9-10,13-14H2,1-6H3,(H,28,36);(H,6,7)/t18-;/m1./s1. The van der Waals surface area contributed by atoms with Crippen molar-refractivity contribution >= 4 is 23.1 Å². The van der Waals surface area contributed by atoms with Crippen LogP contribution in [-0.4, -0.2) is 85.5 Å². The summed E-state index contributed by atoms with van der Waals surface area (Å²) in [5, 5.41) is 18.3. The molecular formula is C29H35F3N8O4. The van der Waals surface area contributed by atoms with Gasteiger partial charge < -0.3 is 24.7 Å². The Kier molecular flexibility index (Phi) is 9.27. The summed E-state index contributed by atoms with van der Waals surface area (Å²) in [7, 11) is 2.17. The minimum Gasteiger partial charge on any atom is -0.475 e. The Morgan fingerprint density at radius 3 is 2.45 bits per heavy atom. The largest absolute Gasteiger partial charge is 0.490 e. The van der Waals surface area contributed by atoms with Gasteiger partial charge in [0.1, 0.15) is 6.33 Å². The van der Waals surface area contributed by atoms with Gasteiger partial charge in [0.2, 0.25) is 5.89 Å². The highest BCUT2D eigenvalue weighted by Gasteiger charge is 2.38. The van der Waals surface area contributed by atoms with Gasteiger partial charge in [0.25, 0.3) is 11.7 Å². The number of alkyl halides is 3. The highest BCUT2D eigenvalue weighted by atomic mass is 19.4. The molecule has 2 N–H and O–H groups in total.